The molecule has 2 aromatic rings. The molecule has 2 atom stereocenters. The van der Waals surface area contributed by atoms with E-state index in [9.17, 15) is 0 Å². The summed E-state index contributed by atoms with van der Waals surface area (Å²) in [5.41, 5.74) is 1.22. The first-order chi connectivity index (χ1) is 11.3. The summed E-state index contributed by atoms with van der Waals surface area (Å²) >= 11 is 8.13. The van der Waals surface area contributed by atoms with Crippen LogP contribution in [0.1, 0.15) is 23.9 Å². The number of halogens is 1. The zero-order valence-corrected chi connectivity index (χ0v) is 14.4. The van der Waals surface area contributed by atoms with Crippen LogP contribution in [-0.4, -0.2) is 30.6 Å². The third-order valence-corrected chi connectivity index (χ3v) is 6.87. The topological polar surface area (TPSA) is 15.7 Å². The van der Waals surface area contributed by atoms with Gasteiger partial charge in [-0.15, -0.1) is 11.3 Å². The third-order valence-electron chi connectivity index (χ3n) is 5.48. The van der Waals surface area contributed by atoms with Gasteiger partial charge in [0.2, 0.25) is 6.23 Å². The van der Waals surface area contributed by atoms with E-state index in [4.69, 9.17) is 16.3 Å². The molecule has 1 aromatic carbocycles. The van der Waals surface area contributed by atoms with E-state index in [0.717, 1.165) is 28.1 Å². The van der Waals surface area contributed by atoms with Crippen LogP contribution in [0.15, 0.2) is 35.7 Å². The Morgan fingerprint density at radius 1 is 1.13 bits per heavy atom. The molecule has 23 heavy (non-hydrogen) atoms. The molecule has 3 fully saturated rings. The van der Waals surface area contributed by atoms with Crippen molar-refractivity contribution >= 4 is 28.6 Å². The summed E-state index contributed by atoms with van der Waals surface area (Å²) in [7, 11) is 0. The predicted molar refractivity (Wildman–Crippen MR) is 94.6 cm³/mol. The standard InChI is InChI=1S/C18H19ClN2OS/c19-13-7-10-23-17(13)18-21(14-3-1-2-4-16(14)22-18)15-11-20-8-5-12(15)6-9-20/h1-4,7,10,12,15,18H,5-6,8-9,11H2/t15?,18-/m0/s1. The SMILES string of the molecule is Clc1ccsc1[C@@H]1Oc2ccccc2N1C1CN2CCC1CC2. The highest BCUT2D eigenvalue weighted by molar-refractivity contribution is 7.10. The molecule has 1 unspecified atom stereocenters. The summed E-state index contributed by atoms with van der Waals surface area (Å²) in [6.07, 6.45) is 2.52. The number of rotatable bonds is 2. The lowest BCUT2D eigenvalue weighted by molar-refractivity contribution is 0.0705. The minimum Gasteiger partial charge on any atom is -0.463 e. The second-order valence-corrected chi connectivity index (χ2v) is 8.04. The highest BCUT2D eigenvalue weighted by atomic mass is 35.5. The Labute approximate surface area is 145 Å². The van der Waals surface area contributed by atoms with E-state index >= 15 is 0 Å². The van der Waals surface area contributed by atoms with Crippen LogP contribution in [-0.2, 0) is 0 Å². The molecule has 0 amide bonds. The maximum atomic E-state index is 6.44. The fourth-order valence-corrected chi connectivity index (χ4v) is 5.51. The van der Waals surface area contributed by atoms with Crippen molar-refractivity contribution in [3.05, 3.63) is 45.6 Å². The summed E-state index contributed by atoms with van der Waals surface area (Å²) in [4.78, 5) is 6.22. The lowest BCUT2D eigenvalue weighted by Gasteiger charge is -2.49. The minimum atomic E-state index is -0.0783. The number of anilines is 1. The van der Waals surface area contributed by atoms with Crippen LogP contribution in [0.25, 0.3) is 0 Å². The fraction of sp³-hybridized carbons (Fsp3) is 0.444. The van der Waals surface area contributed by atoms with Crippen molar-refractivity contribution in [2.45, 2.75) is 25.1 Å². The molecule has 4 aliphatic heterocycles. The zero-order valence-electron chi connectivity index (χ0n) is 12.8. The molecular formula is C18H19ClN2OS. The van der Waals surface area contributed by atoms with Gasteiger partial charge in [0.15, 0.2) is 0 Å². The van der Waals surface area contributed by atoms with Crippen LogP contribution in [0.3, 0.4) is 0 Å². The van der Waals surface area contributed by atoms with Gasteiger partial charge in [-0.3, -0.25) is 0 Å². The molecule has 2 bridgehead atoms. The summed E-state index contributed by atoms with van der Waals surface area (Å²) in [5, 5.41) is 2.87. The van der Waals surface area contributed by atoms with Crippen LogP contribution in [0.4, 0.5) is 5.69 Å². The second kappa shape index (κ2) is 5.40. The Bertz CT molecular complexity index is 725. The molecule has 0 saturated carbocycles. The van der Waals surface area contributed by atoms with E-state index < -0.39 is 0 Å². The first-order valence-electron chi connectivity index (χ1n) is 8.30. The van der Waals surface area contributed by atoms with Crippen molar-refractivity contribution in [3.63, 3.8) is 0 Å². The quantitative estimate of drug-likeness (QED) is 0.802. The minimum absolute atomic E-state index is 0.0783. The van der Waals surface area contributed by atoms with Crippen LogP contribution < -0.4 is 9.64 Å². The van der Waals surface area contributed by atoms with Gasteiger partial charge in [0.05, 0.1) is 15.6 Å². The Balaban J connectivity index is 1.58. The fourth-order valence-electron chi connectivity index (χ4n) is 4.34. The lowest BCUT2D eigenvalue weighted by Crippen LogP contribution is -2.57. The van der Waals surface area contributed by atoms with Gasteiger partial charge < -0.3 is 14.5 Å². The van der Waals surface area contributed by atoms with Gasteiger partial charge in [0.25, 0.3) is 0 Å². The largest absolute Gasteiger partial charge is 0.463 e. The number of para-hydroxylation sites is 2. The number of piperidine rings is 3. The Morgan fingerprint density at radius 3 is 2.65 bits per heavy atom. The molecule has 0 N–H and O–H groups in total. The highest BCUT2D eigenvalue weighted by Gasteiger charge is 2.45. The molecule has 5 heterocycles. The van der Waals surface area contributed by atoms with Gasteiger partial charge in [-0.1, -0.05) is 23.7 Å². The number of hydrogen-bond acceptors (Lipinski definition) is 4. The van der Waals surface area contributed by atoms with Crippen molar-refractivity contribution in [2.24, 2.45) is 5.92 Å². The third kappa shape index (κ3) is 2.19. The molecule has 120 valence electrons. The van der Waals surface area contributed by atoms with Crippen molar-refractivity contribution < 1.29 is 4.74 Å². The normalized spacial score (nSPS) is 32.0. The van der Waals surface area contributed by atoms with Crippen LogP contribution >= 0.6 is 22.9 Å². The average Bonchev–Trinajstić information content (AvgIpc) is 3.18. The summed E-state index contributed by atoms with van der Waals surface area (Å²) < 4.78 is 6.34. The second-order valence-electron chi connectivity index (χ2n) is 6.68. The predicted octanol–water partition coefficient (Wildman–Crippen LogP) is 4.39. The van der Waals surface area contributed by atoms with Crippen molar-refractivity contribution in [1.82, 2.24) is 4.90 Å². The number of thiophene rings is 1. The maximum Gasteiger partial charge on any atom is 0.210 e. The van der Waals surface area contributed by atoms with Gasteiger partial charge in [-0.2, -0.15) is 0 Å². The summed E-state index contributed by atoms with van der Waals surface area (Å²) in [5.74, 6) is 1.74. The summed E-state index contributed by atoms with van der Waals surface area (Å²) in [6, 6.07) is 10.9. The average molecular weight is 347 g/mol. The first kappa shape index (κ1) is 14.1. The number of fused-ring (bicyclic) bond motifs is 4. The van der Waals surface area contributed by atoms with E-state index in [0.29, 0.717) is 6.04 Å². The van der Waals surface area contributed by atoms with Crippen LogP contribution in [0.5, 0.6) is 5.75 Å². The molecule has 5 heteroatoms. The number of hydrogen-bond donors (Lipinski definition) is 0. The van der Waals surface area contributed by atoms with E-state index in [1.165, 1.54) is 31.6 Å². The number of ether oxygens (including phenoxy) is 1. The van der Waals surface area contributed by atoms with Crippen LogP contribution in [0.2, 0.25) is 5.02 Å². The molecule has 6 rings (SSSR count). The van der Waals surface area contributed by atoms with E-state index in [1.54, 1.807) is 11.3 Å². The first-order valence-corrected chi connectivity index (χ1v) is 9.56. The monoisotopic (exact) mass is 346 g/mol. The van der Waals surface area contributed by atoms with Gasteiger partial charge in [0.1, 0.15) is 5.75 Å². The summed E-state index contributed by atoms with van der Waals surface area (Å²) in [6.45, 7) is 3.64. The number of nitrogens with zero attached hydrogens (tertiary/aromatic N) is 2. The van der Waals surface area contributed by atoms with Crippen LogP contribution in [0, 0.1) is 5.92 Å². The van der Waals surface area contributed by atoms with E-state index in [2.05, 4.69) is 33.4 Å². The Kier molecular flexibility index (Phi) is 3.32. The lowest BCUT2D eigenvalue weighted by atomic mass is 9.83. The molecule has 4 aliphatic rings. The number of benzene rings is 1. The van der Waals surface area contributed by atoms with Gasteiger partial charge >= 0.3 is 0 Å². The highest BCUT2D eigenvalue weighted by Crippen LogP contribution is 2.49. The maximum absolute atomic E-state index is 6.44. The molecule has 3 saturated heterocycles. The Hall–Kier alpha value is -1.23. The van der Waals surface area contributed by atoms with Gasteiger partial charge in [-0.05, 0) is 55.4 Å². The van der Waals surface area contributed by atoms with E-state index in [1.807, 2.05) is 12.1 Å². The molecule has 3 nitrogen and oxygen atoms in total. The molecule has 0 aliphatic carbocycles. The van der Waals surface area contributed by atoms with E-state index in [-0.39, 0.29) is 6.23 Å². The van der Waals surface area contributed by atoms with Crippen molar-refractivity contribution in [3.8, 4) is 5.75 Å². The zero-order chi connectivity index (χ0) is 15.4. The molecule has 0 spiro atoms. The Morgan fingerprint density at radius 2 is 1.96 bits per heavy atom. The smallest absolute Gasteiger partial charge is 0.210 e. The van der Waals surface area contributed by atoms with Gasteiger partial charge in [-0.25, -0.2) is 0 Å². The molecule has 0 radical (unpaired) electrons. The molecule has 1 aromatic heterocycles. The molecular weight excluding hydrogens is 328 g/mol. The van der Waals surface area contributed by atoms with Crippen molar-refractivity contribution in [1.29, 1.82) is 0 Å². The van der Waals surface area contributed by atoms with Gasteiger partial charge in [0, 0.05) is 12.6 Å². The van der Waals surface area contributed by atoms with Crippen molar-refractivity contribution in [2.75, 3.05) is 24.5 Å².